The summed E-state index contributed by atoms with van der Waals surface area (Å²) in [4.78, 5) is 28.6. The van der Waals surface area contributed by atoms with Gasteiger partial charge in [0.25, 0.3) is 10.0 Å². The van der Waals surface area contributed by atoms with Gasteiger partial charge in [0.1, 0.15) is 11.7 Å². The van der Waals surface area contributed by atoms with E-state index in [2.05, 4.69) is 4.72 Å². The number of carbonyl (C=O) groups is 2. The third-order valence-corrected chi connectivity index (χ3v) is 7.69. The second-order valence-corrected chi connectivity index (χ2v) is 11.3. The van der Waals surface area contributed by atoms with Gasteiger partial charge in [-0.2, -0.15) is 0 Å². The molecule has 0 aromatic heterocycles. The van der Waals surface area contributed by atoms with Crippen molar-refractivity contribution < 1.29 is 22.4 Å². The molecule has 0 fully saturated rings. The number of anilines is 1. The SMILES string of the molecule is CC(C)N(C(=O)C(Cc1ccc(Cl)cc1)C(=O)NS(=O)(=O)c1ccc2ccccc2c1)c1ccc(F)cc1. The Labute approximate surface area is 226 Å². The lowest BCUT2D eigenvalue weighted by atomic mass is 9.96. The molecular formula is C29H26ClFN2O4S. The highest BCUT2D eigenvalue weighted by atomic mass is 35.5. The Morgan fingerprint density at radius 2 is 1.53 bits per heavy atom. The van der Waals surface area contributed by atoms with Crippen molar-refractivity contribution in [3.8, 4) is 0 Å². The van der Waals surface area contributed by atoms with Gasteiger partial charge in [-0.05, 0) is 85.1 Å². The summed E-state index contributed by atoms with van der Waals surface area (Å²) in [6.07, 6.45) is -0.0699. The van der Waals surface area contributed by atoms with Crippen molar-refractivity contribution in [2.75, 3.05) is 4.90 Å². The van der Waals surface area contributed by atoms with Crippen molar-refractivity contribution in [3.63, 3.8) is 0 Å². The van der Waals surface area contributed by atoms with Crippen molar-refractivity contribution >= 4 is 49.9 Å². The summed E-state index contributed by atoms with van der Waals surface area (Å²) in [5.41, 5.74) is 1.01. The normalized spacial score (nSPS) is 12.3. The number of hydrogen-bond donors (Lipinski definition) is 1. The summed E-state index contributed by atoms with van der Waals surface area (Å²) in [6, 6.07) is 23.3. The molecule has 4 aromatic rings. The van der Waals surface area contributed by atoms with Crippen LogP contribution in [0.2, 0.25) is 5.02 Å². The van der Waals surface area contributed by atoms with Crippen molar-refractivity contribution in [3.05, 3.63) is 107 Å². The zero-order valence-electron chi connectivity index (χ0n) is 20.8. The summed E-state index contributed by atoms with van der Waals surface area (Å²) in [5, 5.41) is 2.02. The fraction of sp³-hybridized carbons (Fsp3) is 0.172. The van der Waals surface area contributed by atoms with Crippen molar-refractivity contribution in [1.29, 1.82) is 0 Å². The first-order chi connectivity index (χ1) is 18.0. The predicted octanol–water partition coefficient (Wildman–Crippen LogP) is 5.74. The molecular weight excluding hydrogens is 527 g/mol. The second kappa shape index (κ2) is 11.3. The number of sulfonamides is 1. The van der Waals surface area contributed by atoms with Gasteiger partial charge in [0, 0.05) is 16.8 Å². The smallest absolute Gasteiger partial charge is 0.264 e. The Bertz CT molecular complexity index is 1570. The summed E-state index contributed by atoms with van der Waals surface area (Å²) in [5.74, 6) is -3.45. The van der Waals surface area contributed by atoms with Gasteiger partial charge >= 0.3 is 0 Å². The van der Waals surface area contributed by atoms with Gasteiger partial charge in [-0.25, -0.2) is 17.5 Å². The number of nitrogens with zero attached hydrogens (tertiary/aromatic N) is 1. The fourth-order valence-corrected chi connectivity index (χ4v) is 5.38. The molecule has 0 saturated carbocycles. The van der Waals surface area contributed by atoms with Gasteiger partial charge in [0.15, 0.2) is 0 Å². The number of nitrogens with one attached hydrogen (secondary N) is 1. The molecule has 0 heterocycles. The standard InChI is InChI=1S/C29H26ClFN2O4S/c1-19(2)33(25-14-12-24(31)13-15-25)29(35)27(17-20-7-10-23(30)11-8-20)28(34)32-38(36,37)26-16-9-21-5-3-4-6-22(21)18-26/h3-16,18-19,27H,17H2,1-2H3,(H,32,34). The largest absolute Gasteiger partial charge is 0.309 e. The quantitative estimate of drug-likeness (QED) is 0.283. The monoisotopic (exact) mass is 552 g/mol. The zero-order valence-corrected chi connectivity index (χ0v) is 22.3. The molecule has 4 rings (SSSR count). The Morgan fingerprint density at radius 3 is 2.16 bits per heavy atom. The topological polar surface area (TPSA) is 83.6 Å². The fourth-order valence-electron chi connectivity index (χ4n) is 4.19. The molecule has 0 aliphatic rings. The van der Waals surface area contributed by atoms with Gasteiger partial charge < -0.3 is 4.90 Å². The van der Waals surface area contributed by atoms with Crippen LogP contribution in [0.5, 0.6) is 0 Å². The number of hydrogen-bond acceptors (Lipinski definition) is 4. The van der Waals surface area contributed by atoms with Crippen LogP contribution >= 0.6 is 11.6 Å². The zero-order chi connectivity index (χ0) is 27.4. The van der Waals surface area contributed by atoms with E-state index >= 15 is 0 Å². The number of benzene rings is 4. The third-order valence-electron chi connectivity index (χ3n) is 6.09. The van der Waals surface area contributed by atoms with E-state index in [1.807, 2.05) is 12.1 Å². The van der Waals surface area contributed by atoms with Gasteiger partial charge in [0.2, 0.25) is 11.8 Å². The second-order valence-electron chi connectivity index (χ2n) is 9.14. The van der Waals surface area contributed by atoms with E-state index in [1.54, 1.807) is 56.3 Å². The molecule has 0 bridgehead atoms. The third kappa shape index (κ3) is 6.20. The first-order valence-corrected chi connectivity index (χ1v) is 13.8. The number of fused-ring (bicyclic) bond motifs is 1. The van der Waals surface area contributed by atoms with Crippen molar-refractivity contribution in [2.45, 2.75) is 31.2 Å². The van der Waals surface area contributed by atoms with Gasteiger partial charge in [-0.15, -0.1) is 0 Å². The Hall–Kier alpha value is -3.75. The van der Waals surface area contributed by atoms with E-state index < -0.39 is 39.6 Å². The van der Waals surface area contributed by atoms with Gasteiger partial charge in [-0.1, -0.05) is 54.1 Å². The summed E-state index contributed by atoms with van der Waals surface area (Å²) >= 11 is 5.99. The predicted molar refractivity (Wildman–Crippen MR) is 147 cm³/mol. The number of rotatable bonds is 8. The molecule has 38 heavy (non-hydrogen) atoms. The number of halogens is 2. The molecule has 9 heteroatoms. The first-order valence-electron chi connectivity index (χ1n) is 11.9. The van der Waals surface area contributed by atoms with Crippen LogP contribution in [0.3, 0.4) is 0 Å². The summed E-state index contributed by atoms with van der Waals surface area (Å²) in [6.45, 7) is 3.51. The van der Waals surface area contributed by atoms with Crippen LogP contribution in [0.25, 0.3) is 10.8 Å². The lowest BCUT2D eigenvalue weighted by molar-refractivity contribution is -0.132. The molecule has 0 radical (unpaired) electrons. The number of amides is 2. The van der Waals surface area contributed by atoms with E-state index in [-0.39, 0.29) is 11.3 Å². The van der Waals surface area contributed by atoms with Crippen LogP contribution in [-0.4, -0.2) is 26.3 Å². The maximum atomic E-state index is 13.8. The van der Waals surface area contributed by atoms with E-state index in [0.29, 0.717) is 21.7 Å². The van der Waals surface area contributed by atoms with Crippen molar-refractivity contribution in [2.24, 2.45) is 5.92 Å². The minimum absolute atomic E-state index is 0.0699. The maximum absolute atomic E-state index is 13.8. The van der Waals surface area contributed by atoms with Crippen LogP contribution in [0, 0.1) is 11.7 Å². The van der Waals surface area contributed by atoms with E-state index in [1.165, 1.54) is 41.3 Å². The molecule has 2 amide bonds. The molecule has 1 N–H and O–H groups in total. The van der Waals surface area contributed by atoms with Gasteiger partial charge in [-0.3, -0.25) is 9.59 Å². The molecule has 4 aromatic carbocycles. The van der Waals surface area contributed by atoms with Crippen LogP contribution in [0.4, 0.5) is 10.1 Å². The molecule has 1 atom stereocenters. The minimum atomic E-state index is -4.29. The number of carbonyl (C=O) groups excluding carboxylic acids is 2. The van der Waals surface area contributed by atoms with E-state index in [9.17, 15) is 22.4 Å². The van der Waals surface area contributed by atoms with Crippen LogP contribution in [0.1, 0.15) is 19.4 Å². The lowest BCUT2D eigenvalue weighted by Gasteiger charge is -2.30. The molecule has 0 aliphatic carbocycles. The van der Waals surface area contributed by atoms with E-state index in [4.69, 9.17) is 11.6 Å². The Kier molecular flexibility index (Phi) is 8.14. The highest BCUT2D eigenvalue weighted by molar-refractivity contribution is 7.90. The Morgan fingerprint density at radius 1 is 0.895 bits per heavy atom. The van der Waals surface area contributed by atoms with Crippen molar-refractivity contribution in [1.82, 2.24) is 4.72 Å². The molecule has 0 aliphatic heterocycles. The highest BCUT2D eigenvalue weighted by Crippen LogP contribution is 2.24. The van der Waals surface area contributed by atoms with Crippen LogP contribution in [-0.2, 0) is 26.0 Å². The molecule has 196 valence electrons. The average molecular weight is 553 g/mol. The van der Waals surface area contributed by atoms with E-state index in [0.717, 1.165) is 5.39 Å². The lowest BCUT2D eigenvalue weighted by Crippen LogP contribution is -2.48. The molecule has 1 unspecified atom stereocenters. The first kappa shape index (κ1) is 27.3. The van der Waals surface area contributed by atoms with Crippen LogP contribution in [0.15, 0.2) is 95.9 Å². The summed E-state index contributed by atoms with van der Waals surface area (Å²) in [7, 11) is -4.29. The molecule has 0 spiro atoms. The van der Waals surface area contributed by atoms with Gasteiger partial charge in [0.05, 0.1) is 4.90 Å². The maximum Gasteiger partial charge on any atom is 0.264 e. The summed E-state index contributed by atoms with van der Waals surface area (Å²) < 4.78 is 42.1. The molecule has 6 nitrogen and oxygen atoms in total. The average Bonchev–Trinajstić information content (AvgIpc) is 2.88. The van der Waals surface area contributed by atoms with Crippen LogP contribution < -0.4 is 9.62 Å². The minimum Gasteiger partial charge on any atom is -0.309 e. The Balaban J connectivity index is 1.69. The molecule has 0 saturated heterocycles. The highest BCUT2D eigenvalue weighted by Gasteiger charge is 2.35.